The first-order chi connectivity index (χ1) is 7.72. The van der Waals surface area contributed by atoms with Gasteiger partial charge in [0.15, 0.2) is 0 Å². The molecule has 84 valence electrons. The van der Waals surface area contributed by atoms with Gasteiger partial charge in [-0.05, 0) is 11.6 Å². The average Bonchev–Trinajstić information content (AvgIpc) is 2.72. The Morgan fingerprint density at radius 1 is 1.31 bits per heavy atom. The lowest BCUT2D eigenvalue weighted by Gasteiger charge is -2.07. The monoisotopic (exact) mass is 256 g/mol. The number of halogens is 2. The topological polar surface area (TPSA) is 56.7 Å². The van der Waals surface area contributed by atoms with Crippen molar-refractivity contribution in [2.75, 3.05) is 0 Å². The maximum Gasteiger partial charge on any atom is 0.140 e. The third-order valence-electron chi connectivity index (χ3n) is 2.23. The van der Waals surface area contributed by atoms with Gasteiger partial charge in [0.05, 0.1) is 23.1 Å². The number of rotatable bonds is 3. The standard InChI is InChI=1S/C10H10Cl2N4/c11-8-3-1-2-7(10(8)12)5-16-9(4-13)14-6-15-16/h1-3,6H,4-5,13H2. The van der Waals surface area contributed by atoms with E-state index in [2.05, 4.69) is 10.1 Å². The first-order valence-electron chi connectivity index (χ1n) is 4.72. The molecular weight excluding hydrogens is 247 g/mol. The van der Waals surface area contributed by atoms with Crippen LogP contribution in [0.15, 0.2) is 24.5 Å². The zero-order chi connectivity index (χ0) is 11.5. The van der Waals surface area contributed by atoms with Gasteiger partial charge in [0.2, 0.25) is 0 Å². The lowest BCUT2D eigenvalue weighted by atomic mass is 10.2. The molecule has 0 aliphatic carbocycles. The van der Waals surface area contributed by atoms with E-state index >= 15 is 0 Å². The van der Waals surface area contributed by atoms with Crippen LogP contribution in [-0.4, -0.2) is 14.8 Å². The predicted molar refractivity (Wildman–Crippen MR) is 63.5 cm³/mol. The molecule has 0 saturated carbocycles. The zero-order valence-electron chi connectivity index (χ0n) is 8.40. The molecule has 0 radical (unpaired) electrons. The van der Waals surface area contributed by atoms with Crippen LogP contribution in [0, 0.1) is 0 Å². The molecule has 16 heavy (non-hydrogen) atoms. The summed E-state index contributed by atoms with van der Waals surface area (Å²) >= 11 is 12.0. The minimum absolute atomic E-state index is 0.345. The van der Waals surface area contributed by atoms with Crippen molar-refractivity contribution < 1.29 is 0 Å². The van der Waals surface area contributed by atoms with Crippen LogP contribution in [0.2, 0.25) is 10.0 Å². The summed E-state index contributed by atoms with van der Waals surface area (Å²) in [5.74, 6) is 0.719. The van der Waals surface area contributed by atoms with Crippen molar-refractivity contribution in [3.63, 3.8) is 0 Å². The second-order valence-corrected chi connectivity index (χ2v) is 4.04. The van der Waals surface area contributed by atoms with Gasteiger partial charge in [-0.25, -0.2) is 9.67 Å². The highest BCUT2D eigenvalue weighted by Crippen LogP contribution is 2.26. The van der Waals surface area contributed by atoms with Gasteiger partial charge in [-0.2, -0.15) is 5.10 Å². The van der Waals surface area contributed by atoms with Gasteiger partial charge in [0.25, 0.3) is 0 Å². The van der Waals surface area contributed by atoms with Crippen molar-refractivity contribution in [1.82, 2.24) is 14.8 Å². The predicted octanol–water partition coefficient (Wildman–Crippen LogP) is 2.09. The Balaban J connectivity index is 2.30. The molecule has 2 aromatic rings. The highest BCUT2D eigenvalue weighted by atomic mass is 35.5. The van der Waals surface area contributed by atoms with Crippen LogP contribution in [0.3, 0.4) is 0 Å². The van der Waals surface area contributed by atoms with Gasteiger partial charge in [-0.3, -0.25) is 0 Å². The van der Waals surface area contributed by atoms with Gasteiger partial charge in [-0.1, -0.05) is 35.3 Å². The molecule has 2 N–H and O–H groups in total. The largest absolute Gasteiger partial charge is 0.324 e. The fourth-order valence-electron chi connectivity index (χ4n) is 1.41. The van der Waals surface area contributed by atoms with E-state index in [1.54, 1.807) is 10.7 Å². The van der Waals surface area contributed by atoms with Gasteiger partial charge >= 0.3 is 0 Å². The molecule has 1 aromatic carbocycles. The smallest absolute Gasteiger partial charge is 0.140 e. The molecule has 0 spiro atoms. The van der Waals surface area contributed by atoms with Crippen LogP contribution in [0.1, 0.15) is 11.4 Å². The molecule has 0 unspecified atom stereocenters. The molecule has 0 fully saturated rings. The van der Waals surface area contributed by atoms with Crippen molar-refractivity contribution in [2.24, 2.45) is 5.73 Å². The minimum atomic E-state index is 0.345. The number of aromatic nitrogens is 3. The van der Waals surface area contributed by atoms with E-state index in [1.807, 2.05) is 12.1 Å². The Labute approximate surface area is 103 Å². The van der Waals surface area contributed by atoms with Crippen molar-refractivity contribution in [1.29, 1.82) is 0 Å². The molecule has 1 heterocycles. The summed E-state index contributed by atoms with van der Waals surface area (Å²) in [6.07, 6.45) is 1.47. The molecule has 2 rings (SSSR count). The van der Waals surface area contributed by atoms with Crippen molar-refractivity contribution >= 4 is 23.2 Å². The summed E-state index contributed by atoms with van der Waals surface area (Å²) in [5, 5.41) is 5.16. The van der Waals surface area contributed by atoms with Crippen molar-refractivity contribution in [3.8, 4) is 0 Å². The molecule has 0 aliphatic heterocycles. The Morgan fingerprint density at radius 3 is 2.88 bits per heavy atom. The van der Waals surface area contributed by atoms with Crippen LogP contribution >= 0.6 is 23.2 Å². The van der Waals surface area contributed by atoms with Gasteiger partial charge in [0.1, 0.15) is 12.2 Å². The second kappa shape index (κ2) is 4.82. The van der Waals surface area contributed by atoms with Crippen molar-refractivity contribution in [2.45, 2.75) is 13.1 Å². The number of hydrogen-bond acceptors (Lipinski definition) is 3. The molecule has 0 bridgehead atoms. The molecule has 6 heteroatoms. The molecule has 0 saturated heterocycles. The first kappa shape index (κ1) is 11.4. The fourth-order valence-corrected chi connectivity index (χ4v) is 1.79. The zero-order valence-corrected chi connectivity index (χ0v) is 9.91. The first-order valence-corrected chi connectivity index (χ1v) is 5.47. The molecule has 0 atom stereocenters. The van der Waals surface area contributed by atoms with E-state index in [0.717, 1.165) is 11.4 Å². The lowest BCUT2D eigenvalue weighted by molar-refractivity contribution is 0.639. The van der Waals surface area contributed by atoms with Gasteiger partial charge in [-0.15, -0.1) is 0 Å². The molecule has 4 nitrogen and oxygen atoms in total. The van der Waals surface area contributed by atoms with Crippen LogP contribution in [0.4, 0.5) is 0 Å². The summed E-state index contributed by atoms with van der Waals surface area (Å²) in [5.41, 5.74) is 6.43. The SMILES string of the molecule is NCc1ncnn1Cc1cccc(Cl)c1Cl. The van der Waals surface area contributed by atoms with E-state index in [-0.39, 0.29) is 0 Å². The van der Waals surface area contributed by atoms with Crippen LogP contribution < -0.4 is 5.73 Å². The third kappa shape index (κ3) is 2.19. The number of benzene rings is 1. The maximum atomic E-state index is 6.08. The minimum Gasteiger partial charge on any atom is -0.324 e. The van der Waals surface area contributed by atoms with Gasteiger partial charge < -0.3 is 5.73 Å². The Hall–Kier alpha value is -1.10. The number of hydrogen-bond donors (Lipinski definition) is 1. The maximum absolute atomic E-state index is 6.08. The summed E-state index contributed by atoms with van der Waals surface area (Å²) in [6, 6.07) is 5.50. The quantitative estimate of drug-likeness (QED) is 0.915. The van der Waals surface area contributed by atoms with Crippen LogP contribution in [-0.2, 0) is 13.1 Å². The Morgan fingerprint density at radius 2 is 2.12 bits per heavy atom. The molecule has 0 amide bonds. The third-order valence-corrected chi connectivity index (χ3v) is 3.09. The summed E-state index contributed by atoms with van der Waals surface area (Å²) in [6.45, 7) is 0.865. The van der Waals surface area contributed by atoms with Crippen LogP contribution in [0.25, 0.3) is 0 Å². The van der Waals surface area contributed by atoms with E-state index in [4.69, 9.17) is 28.9 Å². The summed E-state index contributed by atoms with van der Waals surface area (Å²) in [7, 11) is 0. The number of nitrogens with zero attached hydrogens (tertiary/aromatic N) is 3. The van der Waals surface area contributed by atoms with E-state index in [0.29, 0.717) is 23.1 Å². The average molecular weight is 257 g/mol. The highest BCUT2D eigenvalue weighted by molar-refractivity contribution is 6.42. The fraction of sp³-hybridized carbons (Fsp3) is 0.200. The summed E-state index contributed by atoms with van der Waals surface area (Å²) < 4.78 is 1.71. The lowest BCUT2D eigenvalue weighted by Crippen LogP contribution is -2.11. The van der Waals surface area contributed by atoms with Crippen LogP contribution in [0.5, 0.6) is 0 Å². The van der Waals surface area contributed by atoms with Crippen molar-refractivity contribution in [3.05, 3.63) is 46.0 Å². The molecular formula is C10H10Cl2N4. The normalized spacial score (nSPS) is 10.7. The number of nitrogens with two attached hydrogens (primary N) is 1. The second-order valence-electron chi connectivity index (χ2n) is 3.25. The Kier molecular flexibility index (Phi) is 3.43. The summed E-state index contributed by atoms with van der Waals surface area (Å²) in [4.78, 5) is 4.03. The molecule has 0 aliphatic rings. The molecule has 1 aromatic heterocycles. The van der Waals surface area contributed by atoms with Gasteiger partial charge in [0, 0.05) is 0 Å². The van der Waals surface area contributed by atoms with E-state index in [1.165, 1.54) is 6.33 Å². The Bertz CT molecular complexity index is 495. The van der Waals surface area contributed by atoms with E-state index in [9.17, 15) is 0 Å². The van der Waals surface area contributed by atoms with E-state index < -0.39 is 0 Å². The highest BCUT2D eigenvalue weighted by Gasteiger charge is 2.08.